The van der Waals surface area contributed by atoms with Crippen LogP contribution in [0.5, 0.6) is 0 Å². The average Bonchev–Trinajstić information content (AvgIpc) is 2.91. The Morgan fingerprint density at radius 2 is 2.00 bits per heavy atom. The second-order valence-corrected chi connectivity index (χ2v) is 7.93. The number of sulfone groups is 1. The van der Waals surface area contributed by atoms with Gasteiger partial charge in [-0.25, -0.2) is 13.1 Å². The minimum absolute atomic E-state index is 0.0382. The molecule has 26 heavy (non-hydrogen) atoms. The zero-order valence-electron chi connectivity index (χ0n) is 13.8. The molecule has 1 aliphatic rings. The number of alkyl halides is 3. The van der Waals surface area contributed by atoms with E-state index in [0.717, 1.165) is 10.7 Å². The van der Waals surface area contributed by atoms with Crippen molar-refractivity contribution in [1.82, 2.24) is 9.66 Å². The Morgan fingerprint density at radius 1 is 1.31 bits per heavy atom. The van der Waals surface area contributed by atoms with Crippen molar-refractivity contribution in [3.8, 4) is 0 Å². The smallest absolute Gasteiger partial charge is 0.344 e. The number of rotatable bonds is 3. The van der Waals surface area contributed by atoms with Crippen LogP contribution in [0.3, 0.4) is 0 Å². The maximum Gasteiger partial charge on any atom is 0.416 e. The van der Waals surface area contributed by atoms with E-state index in [0.29, 0.717) is 6.07 Å². The molecule has 140 valence electrons. The summed E-state index contributed by atoms with van der Waals surface area (Å²) in [6.45, 7) is 1.48. The molecular formula is C15H15F3N4O3S. The first-order valence-corrected chi connectivity index (χ1v) is 9.23. The lowest BCUT2D eigenvalue weighted by molar-refractivity contribution is -0.137. The van der Waals surface area contributed by atoms with Crippen LogP contribution in [0.1, 0.15) is 24.3 Å². The van der Waals surface area contributed by atoms with Gasteiger partial charge in [0.1, 0.15) is 11.5 Å². The van der Waals surface area contributed by atoms with E-state index in [-0.39, 0.29) is 22.2 Å². The van der Waals surface area contributed by atoms with E-state index >= 15 is 0 Å². The highest BCUT2D eigenvalue weighted by atomic mass is 32.2. The second kappa shape index (κ2) is 6.01. The van der Waals surface area contributed by atoms with E-state index in [4.69, 9.17) is 0 Å². The first-order chi connectivity index (χ1) is 12.1. The number of aromatic nitrogens is 2. The van der Waals surface area contributed by atoms with Crippen molar-refractivity contribution in [1.29, 1.82) is 0 Å². The molecule has 1 aliphatic heterocycles. The van der Waals surface area contributed by atoms with Crippen LogP contribution >= 0.6 is 0 Å². The summed E-state index contributed by atoms with van der Waals surface area (Å²) in [4.78, 5) is 16.2. The number of nitrogens with one attached hydrogen (secondary N) is 1. The molecular weight excluding hydrogens is 373 g/mol. The van der Waals surface area contributed by atoms with Gasteiger partial charge in [0.05, 0.1) is 16.2 Å². The molecule has 2 aromatic heterocycles. The largest absolute Gasteiger partial charge is 0.416 e. The van der Waals surface area contributed by atoms with Crippen LogP contribution in [-0.4, -0.2) is 30.9 Å². The first-order valence-electron chi connectivity index (χ1n) is 7.58. The van der Waals surface area contributed by atoms with Crippen LogP contribution in [0.25, 0.3) is 0 Å². The molecule has 1 atom stereocenters. The zero-order valence-corrected chi connectivity index (χ0v) is 14.6. The number of pyridine rings is 2. The van der Waals surface area contributed by atoms with Crippen LogP contribution < -0.4 is 15.9 Å². The topological polar surface area (TPSA) is 84.3 Å². The Balaban J connectivity index is 2.12. The van der Waals surface area contributed by atoms with Crippen LogP contribution in [0.2, 0.25) is 0 Å². The van der Waals surface area contributed by atoms with Gasteiger partial charge >= 0.3 is 6.18 Å². The van der Waals surface area contributed by atoms with Gasteiger partial charge in [-0.15, -0.1) is 0 Å². The van der Waals surface area contributed by atoms with Crippen molar-refractivity contribution in [2.24, 2.45) is 0 Å². The van der Waals surface area contributed by atoms with Gasteiger partial charge in [0.15, 0.2) is 16.0 Å². The highest BCUT2D eigenvalue weighted by Gasteiger charge is 2.37. The van der Waals surface area contributed by atoms with E-state index in [2.05, 4.69) is 10.3 Å². The second-order valence-electron chi connectivity index (χ2n) is 5.69. The minimum atomic E-state index is -4.67. The molecule has 11 heteroatoms. The Kier molecular flexibility index (Phi) is 4.21. The predicted octanol–water partition coefficient (Wildman–Crippen LogP) is 1.75. The van der Waals surface area contributed by atoms with Crippen LogP contribution in [0.15, 0.2) is 40.2 Å². The van der Waals surface area contributed by atoms with Crippen molar-refractivity contribution in [3.05, 3.63) is 52.1 Å². The van der Waals surface area contributed by atoms with Gasteiger partial charge in [-0.3, -0.25) is 14.8 Å². The Labute approximate surface area is 147 Å². The fraction of sp³-hybridized carbons (Fsp3) is 0.333. The van der Waals surface area contributed by atoms with Gasteiger partial charge in [-0.1, -0.05) is 6.92 Å². The van der Waals surface area contributed by atoms with Gasteiger partial charge in [-0.05, 0) is 18.2 Å². The van der Waals surface area contributed by atoms with Gasteiger partial charge in [0.2, 0.25) is 0 Å². The molecule has 2 aromatic rings. The molecule has 0 saturated carbocycles. The monoisotopic (exact) mass is 388 g/mol. The lowest BCUT2D eigenvalue weighted by Crippen LogP contribution is -2.38. The summed E-state index contributed by atoms with van der Waals surface area (Å²) in [6.07, 6.45) is -4.20. The van der Waals surface area contributed by atoms with Crippen molar-refractivity contribution in [3.63, 3.8) is 0 Å². The van der Waals surface area contributed by atoms with Crippen molar-refractivity contribution >= 4 is 15.7 Å². The maximum atomic E-state index is 12.9. The molecule has 0 aliphatic carbocycles. The quantitative estimate of drug-likeness (QED) is 0.863. The van der Waals surface area contributed by atoms with Crippen molar-refractivity contribution in [2.75, 3.05) is 23.1 Å². The van der Waals surface area contributed by atoms with Crippen LogP contribution in [-0.2, 0) is 16.0 Å². The summed E-state index contributed by atoms with van der Waals surface area (Å²) in [5.41, 5.74) is -1.87. The Morgan fingerprint density at radius 3 is 2.62 bits per heavy atom. The molecule has 3 rings (SSSR count). The van der Waals surface area contributed by atoms with Gasteiger partial charge < -0.3 is 5.32 Å². The number of hydrogen-bond acceptors (Lipinski definition) is 6. The number of nitrogens with zero attached hydrogens (tertiary/aromatic N) is 3. The van der Waals surface area contributed by atoms with E-state index in [1.54, 1.807) is 0 Å². The van der Waals surface area contributed by atoms with Crippen LogP contribution in [0.4, 0.5) is 19.0 Å². The van der Waals surface area contributed by atoms with Gasteiger partial charge in [-0.2, -0.15) is 13.2 Å². The molecule has 1 unspecified atom stereocenters. The molecule has 0 spiro atoms. The molecule has 0 aromatic carbocycles. The van der Waals surface area contributed by atoms with E-state index in [9.17, 15) is 26.4 Å². The Bertz CT molecular complexity index is 1020. The molecule has 0 radical (unpaired) electrons. The highest BCUT2D eigenvalue weighted by molar-refractivity contribution is 7.91. The third-order valence-corrected chi connectivity index (χ3v) is 5.86. The molecule has 0 amide bonds. The summed E-state index contributed by atoms with van der Waals surface area (Å²) >= 11 is 0. The zero-order chi connectivity index (χ0) is 19.3. The minimum Gasteiger partial charge on any atom is -0.344 e. The van der Waals surface area contributed by atoms with Crippen molar-refractivity contribution < 1.29 is 21.6 Å². The molecule has 0 fully saturated rings. The van der Waals surface area contributed by atoms with E-state index < -0.39 is 33.3 Å². The fourth-order valence-electron chi connectivity index (χ4n) is 2.78. The number of halogens is 3. The first kappa shape index (κ1) is 18.2. The maximum absolute atomic E-state index is 12.9. The lowest BCUT2D eigenvalue weighted by atomic mass is 10.2. The molecule has 1 N–H and O–H groups in total. The fourth-order valence-corrected chi connectivity index (χ4v) is 3.86. The van der Waals surface area contributed by atoms with Gasteiger partial charge in [0.25, 0.3) is 5.56 Å². The average molecular weight is 388 g/mol. The number of hydrogen-bond donors (Lipinski definition) is 1. The van der Waals surface area contributed by atoms with Gasteiger partial charge in [0, 0.05) is 19.3 Å². The molecule has 0 bridgehead atoms. The Hall–Kier alpha value is -2.56. The third kappa shape index (κ3) is 2.91. The van der Waals surface area contributed by atoms with E-state index in [1.165, 1.54) is 37.3 Å². The molecule has 0 saturated heterocycles. The number of fused-ring (bicyclic) bond motifs is 1. The summed E-state index contributed by atoms with van der Waals surface area (Å²) in [5.74, 6) is -0.254. The van der Waals surface area contributed by atoms with Crippen LogP contribution in [0, 0.1) is 0 Å². The standard InChI is InChI=1S/C15H15F3N4O3S/c1-3-26(24,25)10-5-4-6-19-13(10)14-20-11-7-9(15(16,17)18)8-12(23)22(11)21(14)2/h4-8,14,20H,3H2,1-2H3. The summed E-state index contributed by atoms with van der Waals surface area (Å²) in [7, 11) is -2.16. The summed E-state index contributed by atoms with van der Waals surface area (Å²) in [5, 5.41) is 4.07. The summed E-state index contributed by atoms with van der Waals surface area (Å²) < 4.78 is 64.4. The highest BCUT2D eigenvalue weighted by Crippen LogP contribution is 2.34. The molecule has 7 nitrogen and oxygen atoms in total. The van der Waals surface area contributed by atoms with E-state index in [1.807, 2.05) is 0 Å². The third-order valence-electron chi connectivity index (χ3n) is 4.08. The normalized spacial score (nSPS) is 17.1. The summed E-state index contributed by atoms with van der Waals surface area (Å²) in [6, 6.07) is 4.13. The molecule has 3 heterocycles. The predicted molar refractivity (Wildman–Crippen MR) is 88.2 cm³/mol. The SMILES string of the molecule is CCS(=O)(=O)c1cccnc1C1Nc2cc(C(F)(F)F)cc(=O)n2N1C. The number of anilines is 1. The lowest BCUT2D eigenvalue weighted by Gasteiger charge is -2.23. The van der Waals surface area contributed by atoms with Crippen molar-refractivity contribution in [2.45, 2.75) is 24.2 Å².